The van der Waals surface area contributed by atoms with E-state index in [-0.39, 0.29) is 18.2 Å². The van der Waals surface area contributed by atoms with Gasteiger partial charge in [0.2, 0.25) is 0 Å². The number of carboxylic acids is 1. The van der Waals surface area contributed by atoms with Gasteiger partial charge in [-0.1, -0.05) is 6.92 Å². The summed E-state index contributed by atoms with van der Waals surface area (Å²) in [6.45, 7) is 8.47. The Kier molecular flexibility index (Phi) is 5.49. The highest BCUT2D eigenvalue weighted by atomic mass is 16.4. The molecule has 0 amide bonds. The molecule has 0 radical (unpaired) electrons. The van der Waals surface area contributed by atoms with E-state index in [0.717, 1.165) is 51.9 Å². The molecule has 2 aromatic carbocycles. The second kappa shape index (κ2) is 7.95. The van der Waals surface area contributed by atoms with Crippen molar-refractivity contribution in [3.05, 3.63) is 41.0 Å². The van der Waals surface area contributed by atoms with Crippen LogP contribution >= 0.6 is 0 Å². The molecule has 30 heavy (non-hydrogen) atoms. The second-order valence-electron chi connectivity index (χ2n) is 9.12. The molecular weight excluding hydrogens is 378 g/mol. The molecule has 0 aliphatic heterocycles. The first-order valence-corrected chi connectivity index (χ1v) is 10.9. The minimum absolute atomic E-state index is 0.0348. The highest BCUT2D eigenvalue weighted by molar-refractivity contribution is 6.10. The largest absolute Gasteiger partial charge is 0.478 e. The molecule has 0 bridgehead atoms. The number of aromatic carboxylic acids is 1. The highest BCUT2D eigenvalue weighted by Gasteiger charge is 2.30. The van der Waals surface area contributed by atoms with Crippen molar-refractivity contribution in [2.24, 2.45) is 5.92 Å². The van der Waals surface area contributed by atoms with Crippen LogP contribution in [-0.2, 0) is 6.61 Å². The van der Waals surface area contributed by atoms with Gasteiger partial charge in [0.15, 0.2) is 0 Å². The minimum Gasteiger partial charge on any atom is -0.478 e. The summed E-state index contributed by atoms with van der Waals surface area (Å²) in [7, 11) is 0. The Morgan fingerprint density at radius 1 is 1.10 bits per heavy atom. The van der Waals surface area contributed by atoms with Gasteiger partial charge in [-0.2, -0.15) is 0 Å². The number of anilines is 1. The quantitative estimate of drug-likeness (QED) is 0.550. The lowest BCUT2D eigenvalue weighted by Crippen LogP contribution is -2.43. The Balaban J connectivity index is 1.92. The molecule has 1 aromatic heterocycles. The molecule has 0 unspecified atom stereocenters. The van der Waals surface area contributed by atoms with Crippen molar-refractivity contribution in [3.8, 4) is 0 Å². The van der Waals surface area contributed by atoms with E-state index in [9.17, 15) is 15.0 Å². The topological polar surface area (TPSA) is 73.9 Å². The molecule has 1 heterocycles. The van der Waals surface area contributed by atoms with E-state index in [2.05, 4.69) is 25.7 Å². The molecule has 3 aromatic rings. The van der Waals surface area contributed by atoms with E-state index < -0.39 is 5.97 Å². The molecule has 0 saturated heterocycles. The fourth-order valence-corrected chi connectivity index (χ4v) is 4.98. The molecule has 5 heteroatoms. The van der Waals surface area contributed by atoms with Crippen LogP contribution in [0.25, 0.3) is 21.9 Å². The maximum Gasteiger partial charge on any atom is 0.337 e. The van der Waals surface area contributed by atoms with Gasteiger partial charge in [0, 0.05) is 22.9 Å². The SMILES string of the molecule is Cc1cc2oc3cc(C(=O)O)c(N(C(C)C)C4CCC(C)CC4)cc3c2cc1CO. The van der Waals surface area contributed by atoms with Crippen LogP contribution in [0.3, 0.4) is 0 Å². The van der Waals surface area contributed by atoms with Gasteiger partial charge in [0.25, 0.3) is 0 Å². The molecule has 2 N–H and O–H groups in total. The van der Waals surface area contributed by atoms with Crippen LogP contribution in [0.1, 0.15) is 67.9 Å². The standard InChI is InChI=1S/C25H31NO4/c1-14(2)26(18-7-5-15(3)6-8-18)22-11-20-19-10-17(13-27)16(4)9-23(19)30-24(20)12-21(22)25(28)29/h9-12,14-15,18,27H,5-8,13H2,1-4H3,(H,28,29). The molecule has 160 valence electrons. The fraction of sp³-hybridized carbons (Fsp3) is 0.480. The fourth-order valence-electron chi connectivity index (χ4n) is 4.98. The number of hydrogen-bond acceptors (Lipinski definition) is 4. The summed E-state index contributed by atoms with van der Waals surface area (Å²) in [5.41, 5.74) is 4.16. The number of aliphatic hydroxyl groups is 1. The predicted molar refractivity (Wildman–Crippen MR) is 120 cm³/mol. The highest BCUT2D eigenvalue weighted by Crippen LogP contribution is 2.39. The van der Waals surface area contributed by atoms with E-state index in [1.807, 2.05) is 25.1 Å². The summed E-state index contributed by atoms with van der Waals surface area (Å²) in [5, 5.41) is 21.5. The second-order valence-corrected chi connectivity index (χ2v) is 9.12. The normalized spacial score (nSPS) is 19.7. The number of aliphatic hydroxyl groups excluding tert-OH is 1. The zero-order chi connectivity index (χ0) is 21.6. The zero-order valence-corrected chi connectivity index (χ0v) is 18.2. The van der Waals surface area contributed by atoms with Gasteiger partial charge in [-0.25, -0.2) is 4.79 Å². The Morgan fingerprint density at radius 3 is 2.33 bits per heavy atom. The molecule has 4 rings (SSSR count). The number of rotatable bonds is 5. The summed E-state index contributed by atoms with van der Waals surface area (Å²) >= 11 is 0. The van der Waals surface area contributed by atoms with Gasteiger partial charge in [-0.15, -0.1) is 0 Å². The van der Waals surface area contributed by atoms with Crippen molar-refractivity contribution in [2.75, 3.05) is 4.90 Å². The zero-order valence-electron chi connectivity index (χ0n) is 18.2. The number of fused-ring (bicyclic) bond motifs is 3. The molecule has 1 aliphatic carbocycles. The van der Waals surface area contributed by atoms with Gasteiger partial charge >= 0.3 is 5.97 Å². The maximum atomic E-state index is 12.2. The van der Waals surface area contributed by atoms with Gasteiger partial charge < -0.3 is 19.5 Å². The van der Waals surface area contributed by atoms with Crippen LogP contribution in [0.5, 0.6) is 0 Å². The van der Waals surface area contributed by atoms with Gasteiger partial charge in [0.1, 0.15) is 11.2 Å². The monoisotopic (exact) mass is 409 g/mol. The number of benzene rings is 2. The van der Waals surface area contributed by atoms with Gasteiger partial charge in [-0.05, 0) is 87.8 Å². The number of carbonyl (C=O) groups is 1. The molecule has 1 fully saturated rings. The summed E-state index contributed by atoms with van der Waals surface area (Å²) < 4.78 is 6.01. The van der Waals surface area contributed by atoms with E-state index in [0.29, 0.717) is 11.6 Å². The first-order chi connectivity index (χ1) is 14.3. The number of nitrogens with zero attached hydrogens (tertiary/aromatic N) is 1. The molecule has 0 spiro atoms. The van der Waals surface area contributed by atoms with E-state index in [4.69, 9.17) is 4.42 Å². The number of carboxylic acid groups (broad SMARTS) is 1. The summed E-state index contributed by atoms with van der Waals surface area (Å²) in [6.07, 6.45) is 4.51. The van der Waals surface area contributed by atoms with Crippen LogP contribution in [0.15, 0.2) is 28.7 Å². The first kappa shape index (κ1) is 20.7. The Labute approximate surface area is 177 Å². The molecule has 5 nitrogen and oxygen atoms in total. The average molecular weight is 410 g/mol. The van der Waals surface area contributed by atoms with Crippen molar-refractivity contribution in [1.29, 1.82) is 0 Å². The molecule has 1 aliphatic rings. The maximum absolute atomic E-state index is 12.2. The van der Waals surface area contributed by atoms with E-state index in [1.54, 1.807) is 6.07 Å². The average Bonchev–Trinajstić information content (AvgIpc) is 3.04. The van der Waals surface area contributed by atoms with Crippen LogP contribution in [-0.4, -0.2) is 28.3 Å². The first-order valence-electron chi connectivity index (χ1n) is 10.9. The van der Waals surface area contributed by atoms with Crippen molar-refractivity contribution in [2.45, 2.75) is 72.1 Å². The van der Waals surface area contributed by atoms with Gasteiger partial charge in [-0.3, -0.25) is 0 Å². The third kappa shape index (κ3) is 3.56. The van der Waals surface area contributed by atoms with Crippen molar-refractivity contribution >= 4 is 33.6 Å². The Morgan fingerprint density at radius 2 is 1.73 bits per heavy atom. The summed E-state index contributed by atoms with van der Waals surface area (Å²) in [4.78, 5) is 14.5. The van der Waals surface area contributed by atoms with Crippen LogP contribution in [0, 0.1) is 12.8 Å². The number of hydrogen-bond donors (Lipinski definition) is 2. The lowest BCUT2D eigenvalue weighted by Gasteiger charge is -2.41. The van der Waals surface area contributed by atoms with Gasteiger partial charge in [0.05, 0.1) is 17.9 Å². The van der Waals surface area contributed by atoms with E-state index in [1.165, 1.54) is 12.8 Å². The van der Waals surface area contributed by atoms with Crippen LogP contribution in [0.2, 0.25) is 0 Å². The Bertz CT molecular complexity index is 1090. The lowest BCUT2D eigenvalue weighted by atomic mass is 9.85. The molecular formula is C25H31NO4. The van der Waals surface area contributed by atoms with E-state index >= 15 is 0 Å². The summed E-state index contributed by atoms with van der Waals surface area (Å²) in [5.74, 6) is -0.205. The lowest BCUT2D eigenvalue weighted by molar-refractivity contribution is 0.0697. The number of aryl methyl sites for hydroxylation is 1. The van der Waals surface area contributed by atoms with Crippen molar-refractivity contribution in [1.82, 2.24) is 0 Å². The minimum atomic E-state index is -0.936. The third-order valence-corrected chi connectivity index (χ3v) is 6.66. The van der Waals surface area contributed by atoms with Crippen LogP contribution < -0.4 is 4.90 Å². The molecule has 1 saturated carbocycles. The smallest absolute Gasteiger partial charge is 0.337 e. The number of furan rings is 1. The van der Waals surface area contributed by atoms with Crippen molar-refractivity contribution in [3.63, 3.8) is 0 Å². The predicted octanol–water partition coefficient (Wildman–Crippen LogP) is 5.88. The molecule has 0 atom stereocenters. The van der Waals surface area contributed by atoms with Crippen LogP contribution in [0.4, 0.5) is 5.69 Å². The summed E-state index contributed by atoms with van der Waals surface area (Å²) in [6, 6.07) is 8.06. The third-order valence-electron chi connectivity index (χ3n) is 6.66. The Hall–Kier alpha value is -2.53. The van der Waals surface area contributed by atoms with Crippen molar-refractivity contribution < 1.29 is 19.4 Å².